The number of hydrazine groups is 1. The standard InChI is InChI=1S/C17H20N4O3/c1-23-13-6-12(7-14(8-13)24-2)19-17(22)16-9-15(20-21-16)11-4-3-5-18-10-11/h3-8,10,15-16,20-21H,9H2,1-2H3,(H,19,22). The van der Waals surface area contributed by atoms with Crippen molar-refractivity contribution in [3.05, 3.63) is 48.3 Å². The van der Waals surface area contributed by atoms with E-state index in [9.17, 15) is 4.79 Å². The van der Waals surface area contributed by atoms with Gasteiger partial charge in [-0.05, 0) is 18.1 Å². The predicted molar refractivity (Wildman–Crippen MR) is 89.8 cm³/mol. The Kier molecular flexibility index (Phi) is 4.93. The van der Waals surface area contributed by atoms with E-state index in [4.69, 9.17) is 9.47 Å². The molecule has 126 valence electrons. The number of hydrogen-bond donors (Lipinski definition) is 3. The van der Waals surface area contributed by atoms with Crippen molar-refractivity contribution in [2.75, 3.05) is 19.5 Å². The SMILES string of the molecule is COc1cc(NC(=O)C2CC(c3cccnc3)NN2)cc(OC)c1. The Morgan fingerprint density at radius 3 is 2.58 bits per heavy atom. The van der Waals surface area contributed by atoms with E-state index in [0.29, 0.717) is 23.6 Å². The van der Waals surface area contributed by atoms with Crippen molar-refractivity contribution in [2.24, 2.45) is 0 Å². The van der Waals surface area contributed by atoms with E-state index >= 15 is 0 Å². The Morgan fingerprint density at radius 2 is 1.96 bits per heavy atom. The van der Waals surface area contributed by atoms with Gasteiger partial charge >= 0.3 is 0 Å². The van der Waals surface area contributed by atoms with Crippen LogP contribution >= 0.6 is 0 Å². The van der Waals surface area contributed by atoms with Crippen molar-refractivity contribution >= 4 is 11.6 Å². The van der Waals surface area contributed by atoms with Crippen molar-refractivity contribution in [1.29, 1.82) is 0 Å². The maximum atomic E-state index is 12.5. The van der Waals surface area contributed by atoms with E-state index in [2.05, 4.69) is 21.2 Å². The molecule has 7 nitrogen and oxygen atoms in total. The van der Waals surface area contributed by atoms with Crippen LogP contribution in [0.1, 0.15) is 18.0 Å². The van der Waals surface area contributed by atoms with Crippen molar-refractivity contribution in [3.8, 4) is 11.5 Å². The van der Waals surface area contributed by atoms with E-state index in [1.807, 2.05) is 12.1 Å². The number of nitrogens with zero attached hydrogens (tertiary/aromatic N) is 1. The molecule has 2 heterocycles. The Bertz CT molecular complexity index is 686. The number of nitrogens with one attached hydrogen (secondary N) is 3. The number of carbonyl (C=O) groups is 1. The third kappa shape index (κ3) is 3.64. The van der Waals surface area contributed by atoms with Crippen molar-refractivity contribution < 1.29 is 14.3 Å². The molecule has 0 aliphatic carbocycles. The Hall–Kier alpha value is -2.64. The number of aromatic nitrogens is 1. The van der Waals surface area contributed by atoms with Gasteiger partial charge in [-0.15, -0.1) is 0 Å². The zero-order valence-corrected chi connectivity index (χ0v) is 13.6. The monoisotopic (exact) mass is 328 g/mol. The topological polar surface area (TPSA) is 84.5 Å². The number of pyridine rings is 1. The van der Waals surface area contributed by atoms with E-state index < -0.39 is 0 Å². The lowest BCUT2D eigenvalue weighted by Crippen LogP contribution is -2.39. The van der Waals surface area contributed by atoms with Crippen LogP contribution in [-0.2, 0) is 4.79 Å². The summed E-state index contributed by atoms with van der Waals surface area (Å²) in [7, 11) is 3.14. The highest BCUT2D eigenvalue weighted by Crippen LogP contribution is 2.27. The highest BCUT2D eigenvalue weighted by atomic mass is 16.5. The molecular formula is C17H20N4O3. The molecule has 3 rings (SSSR count). The summed E-state index contributed by atoms with van der Waals surface area (Å²) in [5.74, 6) is 1.12. The van der Waals surface area contributed by atoms with Crippen molar-refractivity contribution in [1.82, 2.24) is 15.8 Å². The third-order valence-electron chi connectivity index (χ3n) is 3.93. The molecule has 0 radical (unpaired) electrons. The van der Waals surface area contributed by atoms with Crippen LogP contribution in [0.4, 0.5) is 5.69 Å². The lowest BCUT2D eigenvalue weighted by atomic mass is 10.0. The second-order valence-corrected chi connectivity index (χ2v) is 5.51. The number of rotatable bonds is 5. The van der Waals surface area contributed by atoms with Gasteiger partial charge in [0.2, 0.25) is 5.91 Å². The molecule has 0 saturated carbocycles. The maximum Gasteiger partial charge on any atom is 0.242 e. The molecule has 0 spiro atoms. The van der Waals surface area contributed by atoms with Gasteiger partial charge < -0.3 is 14.8 Å². The van der Waals surface area contributed by atoms with Gasteiger partial charge in [0.1, 0.15) is 17.5 Å². The number of amides is 1. The summed E-state index contributed by atoms with van der Waals surface area (Å²) in [4.78, 5) is 16.6. The highest BCUT2D eigenvalue weighted by molar-refractivity contribution is 5.95. The second kappa shape index (κ2) is 7.29. The molecule has 1 aromatic heterocycles. The van der Waals surface area contributed by atoms with E-state index in [1.165, 1.54) is 0 Å². The molecule has 2 atom stereocenters. The molecule has 0 bridgehead atoms. The summed E-state index contributed by atoms with van der Waals surface area (Å²) in [6, 6.07) is 8.83. The molecular weight excluding hydrogens is 308 g/mol. The molecule has 1 fully saturated rings. The van der Waals surface area contributed by atoms with Crippen LogP contribution in [0, 0.1) is 0 Å². The highest BCUT2D eigenvalue weighted by Gasteiger charge is 2.30. The van der Waals surface area contributed by atoms with Gasteiger partial charge in [0.25, 0.3) is 0 Å². The average Bonchev–Trinajstić information content (AvgIpc) is 3.12. The fourth-order valence-corrected chi connectivity index (χ4v) is 2.64. The number of anilines is 1. The van der Waals surface area contributed by atoms with Gasteiger partial charge in [-0.25, -0.2) is 10.9 Å². The van der Waals surface area contributed by atoms with Gasteiger partial charge in [-0.1, -0.05) is 6.07 Å². The minimum absolute atomic E-state index is 0.0503. The zero-order chi connectivity index (χ0) is 16.9. The predicted octanol–water partition coefficient (Wildman–Crippen LogP) is 1.65. The lowest BCUT2D eigenvalue weighted by Gasteiger charge is -2.13. The summed E-state index contributed by atoms with van der Waals surface area (Å²) in [6.07, 6.45) is 4.16. The third-order valence-corrected chi connectivity index (χ3v) is 3.93. The molecule has 1 aliphatic heterocycles. The summed E-state index contributed by atoms with van der Waals surface area (Å²) >= 11 is 0. The lowest BCUT2D eigenvalue weighted by molar-refractivity contribution is -0.117. The summed E-state index contributed by atoms with van der Waals surface area (Å²) < 4.78 is 10.4. The zero-order valence-electron chi connectivity index (χ0n) is 13.6. The number of carbonyl (C=O) groups excluding carboxylic acids is 1. The van der Waals surface area contributed by atoms with Crippen LogP contribution in [0.3, 0.4) is 0 Å². The summed E-state index contributed by atoms with van der Waals surface area (Å²) in [6.45, 7) is 0. The number of hydrogen-bond acceptors (Lipinski definition) is 6. The Morgan fingerprint density at radius 1 is 1.21 bits per heavy atom. The minimum Gasteiger partial charge on any atom is -0.497 e. The van der Waals surface area contributed by atoms with Crippen LogP contribution in [0.2, 0.25) is 0 Å². The largest absolute Gasteiger partial charge is 0.497 e. The Balaban J connectivity index is 1.66. The van der Waals surface area contributed by atoms with Crippen LogP contribution < -0.4 is 25.6 Å². The Labute approximate surface area is 140 Å². The van der Waals surface area contributed by atoms with Crippen LogP contribution in [0.5, 0.6) is 11.5 Å². The number of methoxy groups -OCH3 is 2. The second-order valence-electron chi connectivity index (χ2n) is 5.51. The fourth-order valence-electron chi connectivity index (χ4n) is 2.64. The smallest absolute Gasteiger partial charge is 0.242 e. The molecule has 1 aliphatic rings. The summed E-state index contributed by atoms with van der Waals surface area (Å²) in [5.41, 5.74) is 7.84. The fraction of sp³-hybridized carbons (Fsp3) is 0.294. The first-order valence-electron chi connectivity index (χ1n) is 7.64. The van der Waals surface area contributed by atoms with Crippen molar-refractivity contribution in [2.45, 2.75) is 18.5 Å². The molecule has 3 N–H and O–H groups in total. The van der Waals surface area contributed by atoms with E-state index in [0.717, 1.165) is 5.56 Å². The molecule has 1 aromatic carbocycles. The van der Waals surface area contributed by atoms with Crippen LogP contribution in [0.15, 0.2) is 42.7 Å². The van der Waals surface area contributed by atoms with E-state index in [-0.39, 0.29) is 18.0 Å². The van der Waals surface area contributed by atoms with Gasteiger partial charge in [0.15, 0.2) is 0 Å². The van der Waals surface area contributed by atoms with Gasteiger partial charge in [-0.3, -0.25) is 9.78 Å². The van der Waals surface area contributed by atoms with Crippen molar-refractivity contribution in [3.63, 3.8) is 0 Å². The first-order valence-corrected chi connectivity index (χ1v) is 7.64. The molecule has 24 heavy (non-hydrogen) atoms. The average molecular weight is 328 g/mol. The van der Waals surface area contributed by atoms with Gasteiger partial charge in [-0.2, -0.15) is 0 Å². The van der Waals surface area contributed by atoms with E-state index in [1.54, 1.807) is 44.8 Å². The molecule has 2 aromatic rings. The number of ether oxygens (including phenoxy) is 2. The van der Waals surface area contributed by atoms with Crippen LogP contribution in [0.25, 0.3) is 0 Å². The number of benzene rings is 1. The van der Waals surface area contributed by atoms with Gasteiger partial charge in [0, 0.05) is 42.3 Å². The minimum atomic E-state index is -0.340. The quantitative estimate of drug-likeness (QED) is 0.774. The molecule has 1 amide bonds. The normalized spacial score (nSPS) is 19.8. The first-order chi connectivity index (χ1) is 11.7. The van der Waals surface area contributed by atoms with Crippen LogP contribution in [-0.4, -0.2) is 31.2 Å². The molecule has 7 heteroatoms. The first kappa shape index (κ1) is 16.2. The molecule has 2 unspecified atom stereocenters. The summed E-state index contributed by atoms with van der Waals surface area (Å²) in [5, 5.41) is 2.89. The maximum absolute atomic E-state index is 12.5. The van der Waals surface area contributed by atoms with Gasteiger partial charge in [0.05, 0.1) is 14.2 Å². The molecule has 1 saturated heterocycles.